The van der Waals surface area contributed by atoms with Crippen molar-refractivity contribution in [1.82, 2.24) is 14.8 Å². The summed E-state index contributed by atoms with van der Waals surface area (Å²) in [6.45, 7) is 0.612. The van der Waals surface area contributed by atoms with Crippen LogP contribution in [0.25, 0.3) is 5.57 Å². The standard InChI is InChI=1S/C22H21F2N3OS/c1-26(12-18-13-29-14-25-18)22(28)27-11-16(19-10-17(23)7-8-20(19)24)9-21(27)15-5-3-2-4-6-15/h3,5-10,13-14,21H,2,4,11-12H2,1H3. The molecule has 2 amide bonds. The molecular weight excluding hydrogens is 392 g/mol. The van der Waals surface area contributed by atoms with Gasteiger partial charge in [0.1, 0.15) is 11.6 Å². The Morgan fingerprint density at radius 3 is 2.93 bits per heavy atom. The van der Waals surface area contributed by atoms with Gasteiger partial charge in [-0.1, -0.05) is 24.3 Å². The maximum Gasteiger partial charge on any atom is 0.321 e. The number of rotatable bonds is 4. The summed E-state index contributed by atoms with van der Waals surface area (Å²) in [4.78, 5) is 20.8. The molecule has 1 aliphatic carbocycles. The number of aromatic nitrogens is 1. The van der Waals surface area contributed by atoms with E-state index in [4.69, 9.17) is 0 Å². The number of carbonyl (C=O) groups is 1. The molecule has 1 aromatic heterocycles. The van der Waals surface area contributed by atoms with Crippen molar-refractivity contribution < 1.29 is 13.6 Å². The van der Waals surface area contributed by atoms with Crippen LogP contribution in [0, 0.1) is 11.6 Å². The summed E-state index contributed by atoms with van der Waals surface area (Å²) < 4.78 is 28.1. The fourth-order valence-corrected chi connectivity index (χ4v) is 4.24. The molecule has 1 unspecified atom stereocenters. The summed E-state index contributed by atoms with van der Waals surface area (Å²) in [6, 6.07) is 2.93. The third kappa shape index (κ3) is 4.15. The van der Waals surface area contributed by atoms with E-state index in [2.05, 4.69) is 17.1 Å². The molecule has 7 heteroatoms. The number of amides is 2. The average Bonchev–Trinajstić information content (AvgIpc) is 3.40. The number of halogens is 2. The van der Waals surface area contributed by atoms with Gasteiger partial charge in [0.2, 0.25) is 0 Å². The van der Waals surface area contributed by atoms with Crippen LogP contribution in [0.2, 0.25) is 0 Å². The smallest absolute Gasteiger partial charge is 0.321 e. The predicted octanol–water partition coefficient (Wildman–Crippen LogP) is 5.02. The van der Waals surface area contributed by atoms with Gasteiger partial charge in [-0.15, -0.1) is 11.3 Å². The van der Waals surface area contributed by atoms with Crippen molar-refractivity contribution in [2.24, 2.45) is 0 Å². The molecule has 1 atom stereocenters. The zero-order chi connectivity index (χ0) is 20.4. The highest BCUT2D eigenvalue weighted by atomic mass is 32.1. The Hall–Kier alpha value is -2.80. The van der Waals surface area contributed by atoms with E-state index >= 15 is 0 Å². The molecule has 1 aliphatic heterocycles. The normalized spacial score (nSPS) is 18.6. The zero-order valence-electron chi connectivity index (χ0n) is 16.0. The van der Waals surface area contributed by atoms with Gasteiger partial charge in [0, 0.05) is 24.5 Å². The SMILES string of the molecule is CN(Cc1cscn1)C(=O)N1CC(c2cc(F)ccc2F)=CC1C1=CCCC=C1. The summed E-state index contributed by atoms with van der Waals surface area (Å²) in [5.74, 6) is -0.990. The van der Waals surface area contributed by atoms with Crippen molar-refractivity contribution in [3.63, 3.8) is 0 Å². The van der Waals surface area contributed by atoms with Gasteiger partial charge in [-0.25, -0.2) is 18.6 Å². The molecule has 0 fully saturated rings. The van der Waals surface area contributed by atoms with E-state index in [0.717, 1.165) is 36.2 Å². The number of nitrogens with zero attached hydrogens (tertiary/aromatic N) is 3. The summed E-state index contributed by atoms with van der Waals surface area (Å²) >= 11 is 1.48. The number of carbonyl (C=O) groups excluding carboxylic acids is 1. The minimum absolute atomic E-state index is 0.175. The van der Waals surface area contributed by atoms with E-state index in [1.54, 1.807) is 22.4 Å². The second-order valence-electron chi connectivity index (χ2n) is 7.19. The van der Waals surface area contributed by atoms with Gasteiger partial charge in [0.15, 0.2) is 0 Å². The van der Waals surface area contributed by atoms with Crippen LogP contribution in [-0.2, 0) is 6.54 Å². The topological polar surface area (TPSA) is 36.4 Å². The van der Waals surface area contributed by atoms with Gasteiger partial charge in [-0.05, 0) is 42.2 Å². The Morgan fingerprint density at radius 1 is 1.34 bits per heavy atom. The van der Waals surface area contributed by atoms with Gasteiger partial charge >= 0.3 is 6.03 Å². The molecule has 0 N–H and O–H groups in total. The molecular formula is C22H21F2N3OS. The second kappa shape index (κ2) is 8.29. The Kier molecular flexibility index (Phi) is 5.58. The van der Waals surface area contributed by atoms with E-state index in [-0.39, 0.29) is 24.2 Å². The minimum atomic E-state index is -0.499. The molecule has 1 aromatic carbocycles. The van der Waals surface area contributed by atoms with E-state index < -0.39 is 11.6 Å². The van der Waals surface area contributed by atoms with E-state index in [0.29, 0.717) is 12.1 Å². The molecule has 2 heterocycles. The van der Waals surface area contributed by atoms with Gasteiger partial charge in [-0.2, -0.15) is 0 Å². The minimum Gasteiger partial charge on any atom is -0.322 e. The number of hydrogen-bond acceptors (Lipinski definition) is 3. The first-order valence-corrected chi connectivity index (χ1v) is 10.4. The molecule has 0 saturated carbocycles. The van der Waals surface area contributed by atoms with Crippen LogP contribution in [0.1, 0.15) is 24.1 Å². The third-order valence-corrected chi connectivity index (χ3v) is 5.77. The molecule has 29 heavy (non-hydrogen) atoms. The van der Waals surface area contributed by atoms with E-state index in [1.807, 2.05) is 17.5 Å². The molecule has 0 saturated heterocycles. The second-order valence-corrected chi connectivity index (χ2v) is 7.91. The van der Waals surface area contributed by atoms with E-state index in [9.17, 15) is 13.6 Å². The maximum atomic E-state index is 14.4. The molecule has 0 radical (unpaired) electrons. The van der Waals surface area contributed by atoms with Crippen LogP contribution in [-0.4, -0.2) is 40.4 Å². The molecule has 0 bridgehead atoms. The predicted molar refractivity (Wildman–Crippen MR) is 110 cm³/mol. The van der Waals surface area contributed by atoms with Crippen LogP contribution in [0.5, 0.6) is 0 Å². The highest BCUT2D eigenvalue weighted by Gasteiger charge is 2.34. The van der Waals surface area contributed by atoms with Crippen LogP contribution in [0.4, 0.5) is 13.6 Å². The van der Waals surface area contributed by atoms with Crippen molar-refractivity contribution in [3.05, 3.63) is 81.9 Å². The largest absolute Gasteiger partial charge is 0.322 e. The summed E-state index contributed by atoms with van der Waals surface area (Å²) in [5, 5.41) is 1.91. The number of thiazole rings is 1. The monoisotopic (exact) mass is 413 g/mol. The Bertz CT molecular complexity index is 997. The van der Waals surface area contributed by atoms with Crippen LogP contribution in [0.15, 0.2) is 59.0 Å². The Morgan fingerprint density at radius 2 is 2.21 bits per heavy atom. The Labute approximate surface area is 172 Å². The lowest BCUT2D eigenvalue weighted by Crippen LogP contribution is -2.44. The quantitative estimate of drug-likeness (QED) is 0.706. The molecule has 2 aromatic rings. The van der Waals surface area contributed by atoms with Crippen LogP contribution >= 0.6 is 11.3 Å². The lowest BCUT2D eigenvalue weighted by atomic mass is 9.98. The first-order chi connectivity index (χ1) is 14.0. The van der Waals surface area contributed by atoms with Crippen molar-refractivity contribution in [3.8, 4) is 0 Å². The molecule has 150 valence electrons. The molecule has 2 aliphatic rings. The maximum absolute atomic E-state index is 14.4. The first kappa shape index (κ1) is 19.5. The number of allylic oxidation sites excluding steroid dienone is 2. The summed E-state index contributed by atoms with van der Waals surface area (Å²) in [7, 11) is 1.73. The van der Waals surface area contributed by atoms with Crippen molar-refractivity contribution in [1.29, 1.82) is 0 Å². The van der Waals surface area contributed by atoms with Gasteiger partial charge in [0.25, 0.3) is 0 Å². The van der Waals surface area contributed by atoms with Crippen LogP contribution in [0.3, 0.4) is 0 Å². The number of hydrogen-bond donors (Lipinski definition) is 0. The highest BCUT2D eigenvalue weighted by Crippen LogP contribution is 2.33. The van der Waals surface area contributed by atoms with Crippen molar-refractivity contribution in [2.75, 3.05) is 13.6 Å². The zero-order valence-corrected chi connectivity index (χ0v) is 16.8. The Balaban J connectivity index is 1.63. The third-order valence-electron chi connectivity index (χ3n) is 5.13. The first-order valence-electron chi connectivity index (χ1n) is 9.44. The van der Waals surface area contributed by atoms with E-state index in [1.165, 1.54) is 17.4 Å². The fraction of sp³-hybridized carbons (Fsp3) is 0.273. The lowest BCUT2D eigenvalue weighted by Gasteiger charge is -2.30. The number of urea groups is 1. The molecule has 4 nitrogen and oxygen atoms in total. The lowest BCUT2D eigenvalue weighted by molar-refractivity contribution is 0.164. The van der Waals surface area contributed by atoms with Crippen molar-refractivity contribution >= 4 is 22.9 Å². The summed E-state index contributed by atoms with van der Waals surface area (Å²) in [5.41, 5.74) is 4.37. The van der Waals surface area contributed by atoms with Gasteiger partial charge in [-0.3, -0.25) is 0 Å². The van der Waals surface area contributed by atoms with Gasteiger partial charge < -0.3 is 9.80 Å². The molecule has 4 rings (SSSR count). The summed E-state index contributed by atoms with van der Waals surface area (Å²) in [6.07, 6.45) is 9.92. The van der Waals surface area contributed by atoms with Crippen LogP contribution < -0.4 is 0 Å². The van der Waals surface area contributed by atoms with Crippen molar-refractivity contribution in [2.45, 2.75) is 25.4 Å². The number of benzene rings is 1. The fourth-order valence-electron chi connectivity index (χ4n) is 3.69. The highest BCUT2D eigenvalue weighted by molar-refractivity contribution is 7.07. The molecule has 0 spiro atoms. The van der Waals surface area contributed by atoms with Gasteiger partial charge in [0.05, 0.1) is 23.8 Å². The average molecular weight is 413 g/mol.